The number of hydrogen-bond donors (Lipinski definition) is 2. The number of aliphatic hydroxyl groups excluding tert-OH is 2. The third-order valence-corrected chi connectivity index (χ3v) is 2.75. The van der Waals surface area contributed by atoms with E-state index in [4.69, 9.17) is 19.7 Å². The van der Waals surface area contributed by atoms with Crippen LogP contribution in [0.1, 0.15) is 31.7 Å². The van der Waals surface area contributed by atoms with Crippen LogP contribution in [0.5, 0.6) is 11.5 Å². The number of methoxy groups -OCH3 is 1. The van der Waals surface area contributed by atoms with Crippen molar-refractivity contribution in [2.24, 2.45) is 0 Å². The van der Waals surface area contributed by atoms with Crippen molar-refractivity contribution in [2.45, 2.75) is 32.3 Å². The highest BCUT2D eigenvalue weighted by Crippen LogP contribution is 2.34. The molecule has 0 amide bonds. The molecule has 1 rings (SSSR count). The van der Waals surface area contributed by atoms with Crippen molar-refractivity contribution in [3.05, 3.63) is 23.5 Å². The topological polar surface area (TPSA) is 76.0 Å². The summed E-state index contributed by atoms with van der Waals surface area (Å²) in [6.07, 6.45) is -1.66. The third-order valence-electron chi connectivity index (χ3n) is 2.75. The van der Waals surface area contributed by atoms with Gasteiger partial charge in [0.25, 0.3) is 0 Å². The molecule has 0 radical (unpaired) electrons. The Hall–Kier alpha value is -1.66. The van der Waals surface area contributed by atoms with Gasteiger partial charge in [0.15, 0.2) is 11.6 Å². The molecule has 0 bridgehead atoms. The maximum Gasteiger partial charge on any atom is 0.314 e. The van der Waals surface area contributed by atoms with Crippen molar-refractivity contribution in [2.75, 3.05) is 13.7 Å². The summed E-state index contributed by atoms with van der Waals surface area (Å²) in [7, 11) is 1.35. The van der Waals surface area contributed by atoms with Gasteiger partial charge in [0.1, 0.15) is 0 Å². The minimum Gasteiger partial charge on any atom is -0.493 e. The second-order valence-electron chi connectivity index (χ2n) is 4.70. The van der Waals surface area contributed by atoms with Gasteiger partial charge in [-0.1, -0.05) is 13.8 Å². The highest BCUT2D eigenvalue weighted by atomic mass is 19.1. The SMILES string of the molecule is COc1cc(C(C)C)cc(F)c1OC(=O)CC(O)CO. The molecule has 1 aromatic rings. The standard InChI is InChI=1S/C14H19FO5/c1-8(2)9-4-11(15)14(12(5-9)19-3)20-13(18)6-10(17)7-16/h4-5,8,10,16-17H,6-7H2,1-3H3. The summed E-state index contributed by atoms with van der Waals surface area (Å²) in [6.45, 7) is 3.23. The van der Waals surface area contributed by atoms with Crippen molar-refractivity contribution in [1.29, 1.82) is 0 Å². The van der Waals surface area contributed by atoms with Gasteiger partial charge in [0.05, 0.1) is 26.2 Å². The first-order chi connectivity index (χ1) is 9.38. The number of benzene rings is 1. The second kappa shape index (κ2) is 7.21. The Labute approximate surface area is 116 Å². The molecule has 0 saturated carbocycles. The zero-order valence-electron chi connectivity index (χ0n) is 11.7. The van der Waals surface area contributed by atoms with Gasteiger partial charge in [0, 0.05) is 0 Å². The van der Waals surface area contributed by atoms with Gasteiger partial charge in [-0.2, -0.15) is 0 Å². The van der Waals surface area contributed by atoms with Crippen molar-refractivity contribution < 1.29 is 28.9 Å². The molecule has 20 heavy (non-hydrogen) atoms. The normalized spacial score (nSPS) is 12.3. The average molecular weight is 286 g/mol. The van der Waals surface area contributed by atoms with E-state index in [2.05, 4.69) is 0 Å². The molecule has 0 spiro atoms. The minimum atomic E-state index is -1.23. The Morgan fingerprint density at radius 2 is 2.05 bits per heavy atom. The van der Waals surface area contributed by atoms with Crippen LogP contribution in [-0.4, -0.2) is 36.0 Å². The molecule has 0 aromatic heterocycles. The molecule has 0 aliphatic carbocycles. The Balaban J connectivity index is 2.97. The molecule has 1 atom stereocenters. The summed E-state index contributed by atoms with van der Waals surface area (Å²) >= 11 is 0. The molecular weight excluding hydrogens is 267 g/mol. The van der Waals surface area contributed by atoms with Gasteiger partial charge in [-0.05, 0) is 23.6 Å². The van der Waals surface area contributed by atoms with Gasteiger partial charge in [-0.15, -0.1) is 0 Å². The van der Waals surface area contributed by atoms with Crippen LogP contribution in [0.15, 0.2) is 12.1 Å². The molecular formula is C14H19FO5. The molecule has 0 fully saturated rings. The van der Waals surface area contributed by atoms with Crippen LogP contribution in [-0.2, 0) is 4.79 Å². The highest BCUT2D eigenvalue weighted by molar-refractivity contribution is 5.74. The fraction of sp³-hybridized carbons (Fsp3) is 0.500. The second-order valence-corrected chi connectivity index (χ2v) is 4.70. The largest absolute Gasteiger partial charge is 0.493 e. The molecule has 1 aromatic carbocycles. The number of ether oxygens (including phenoxy) is 2. The van der Waals surface area contributed by atoms with E-state index in [1.165, 1.54) is 13.2 Å². The molecule has 1 unspecified atom stereocenters. The quantitative estimate of drug-likeness (QED) is 0.613. The van der Waals surface area contributed by atoms with Crippen molar-refractivity contribution >= 4 is 5.97 Å². The maximum atomic E-state index is 14.0. The van der Waals surface area contributed by atoms with Crippen LogP contribution in [0.3, 0.4) is 0 Å². The molecule has 0 aliphatic heterocycles. The molecule has 0 saturated heterocycles. The average Bonchev–Trinajstić information content (AvgIpc) is 2.40. The van der Waals surface area contributed by atoms with Crippen molar-refractivity contribution in [3.8, 4) is 11.5 Å². The molecule has 0 heterocycles. The summed E-state index contributed by atoms with van der Waals surface area (Å²) in [5, 5.41) is 17.8. The number of hydrogen-bond acceptors (Lipinski definition) is 5. The molecule has 112 valence electrons. The molecule has 5 nitrogen and oxygen atoms in total. The van der Waals surface area contributed by atoms with Gasteiger partial charge in [0.2, 0.25) is 5.75 Å². The molecule has 0 aliphatic rings. The van der Waals surface area contributed by atoms with Gasteiger partial charge in [-0.25, -0.2) is 4.39 Å². The lowest BCUT2D eigenvalue weighted by molar-refractivity contribution is -0.137. The van der Waals surface area contributed by atoms with Crippen LogP contribution in [0.2, 0.25) is 0 Å². The van der Waals surface area contributed by atoms with Crippen molar-refractivity contribution in [1.82, 2.24) is 0 Å². The minimum absolute atomic E-state index is 0.0966. The molecule has 6 heteroatoms. The van der Waals surface area contributed by atoms with E-state index < -0.39 is 30.9 Å². The number of carbonyl (C=O) groups is 1. The van der Waals surface area contributed by atoms with Crippen LogP contribution in [0.25, 0.3) is 0 Å². The predicted molar refractivity (Wildman–Crippen MR) is 70.4 cm³/mol. The monoisotopic (exact) mass is 286 g/mol. The van der Waals surface area contributed by atoms with E-state index in [-0.39, 0.29) is 17.4 Å². The van der Waals surface area contributed by atoms with E-state index in [1.54, 1.807) is 6.07 Å². The van der Waals surface area contributed by atoms with E-state index in [0.29, 0.717) is 0 Å². The van der Waals surface area contributed by atoms with Crippen LogP contribution in [0, 0.1) is 5.82 Å². The Morgan fingerprint density at radius 1 is 1.40 bits per heavy atom. The van der Waals surface area contributed by atoms with Crippen LogP contribution >= 0.6 is 0 Å². The molecule has 2 N–H and O–H groups in total. The summed E-state index contributed by atoms with van der Waals surface area (Å²) < 4.78 is 23.9. The number of halogens is 1. The lowest BCUT2D eigenvalue weighted by Crippen LogP contribution is -2.21. The zero-order valence-corrected chi connectivity index (χ0v) is 11.7. The first kappa shape index (κ1) is 16.4. The maximum absolute atomic E-state index is 14.0. The number of rotatable bonds is 6. The van der Waals surface area contributed by atoms with E-state index >= 15 is 0 Å². The van der Waals surface area contributed by atoms with E-state index in [9.17, 15) is 9.18 Å². The summed E-state index contributed by atoms with van der Waals surface area (Å²) in [6, 6.07) is 2.87. The Kier molecular flexibility index (Phi) is 5.91. The van der Waals surface area contributed by atoms with Gasteiger partial charge >= 0.3 is 5.97 Å². The van der Waals surface area contributed by atoms with Crippen molar-refractivity contribution in [3.63, 3.8) is 0 Å². The van der Waals surface area contributed by atoms with E-state index in [0.717, 1.165) is 5.56 Å². The summed E-state index contributed by atoms with van der Waals surface area (Å²) in [5.41, 5.74) is 0.717. The first-order valence-electron chi connectivity index (χ1n) is 6.26. The number of esters is 1. The first-order valence-corrected chi connectivity index (χ1v) is 6.26. The lowest BCUT2D eigenvalue weighted by Gasteiger charge is -2.14. The third kappa shape index (κ3) is 4.18. The Morgan fingerprint density at radius 3 is 2.55 bits per heavy atom. The number of carbonyl (C=O) groups excluding carboxylic acids is 1. The summed E-state index contributed by atoms with van der Waals surface area (Å²) in [4.78, 5) is 11.5. The Bertz CT molecular complexity index is 473. The van der Waals surface area contributed by atoms with Crippen LogP contribution in [0.4, 0.5) is 4.39 Å². The van der Waals surface area contributed by atoms with Gasteiger partial charge < -0.3 is 19.7 Å². The fourth-order valence-electron chi connectivity index (χ4n) is 1.58. The fourth-order valence-corrected chi connectivity index (χ4v) is 1.58. The zero-order chi connectivity index (χ0) is 15.3. The predicted octanol–water partition coefficient (Wildman–Crippen LogP) is 1.61. The van der Waals surface area contributed by atoms with Gasteiger partial charge in [-0.3, -0.25) is 4.79 Å². The van der Waals surface area contributed by atoms with E-state index in [1.807, 2.05) is 13.8 Å². The lowest BCUT2D eigenvalue weighted by atomic mass is 10.0. The highest BCUT2D eigenvalue weighted by Gasteiger charge is 2.19. The number of aliphatic hydroxyl groups is 2. The summed E-state index contributed by atoms with van der Waals surface area (Å²) in [5.74, 6) is -1.66. The van der Waals surface area contributed by atoms with Crippen LogP contribution < -0.4 is 9.47 Å². The smallest absolute Gasteiger partial charge is 0.314 e.